The first-order valence-corrected chi connectivity index (χ1v) is 9.15. The first kappa shape index (κ1) is 20.5. The van der Waals surface area contributed by atoms with Crippen molar-refractivity contribution in [1.82, 2.24) is 19.5 Å². The molecule has 0 spiro atoms. The Morgan fingerprint density at radius 1 is 1.30 bits per heavy atom. The molecule has 1 fully saturated rings. The fourth-order valence-electron chi connectivity index (χ4n) is 3.94. The number of nitrogen functional groups attached to an aromatic ring is 1. The molecule has 0 aromatic carbocycles. The lowest BCUT2D eigenvalue weighted by Crippen LogP contribution is -2.53. The maximum atomic E-state index is 13.1. The van der Waals surface area contributed by atoms with Crippen LogP contribution in [0.25, 0.3) is 11.0 Å². The van der Waals surface area contributed by atoms with Crippen molar-refractivity contribution < 1.29 is 28.8 Å². The summed E-state index contributed by atoms with van der Waals surface area (Å²) in [5, 5.41) is 33.6. The monoisotopic (exact) mass is 421 g/mol. The SMILES string of the molecule is C[C@]1(O)[C@@H](O)[C@H](n2ccc3c(N)ncnc32)O[C@@H]1[C@@](C)(O)c1ccnc(C(F)F)c1. The molecule has 0 aliphatic carbocycles. The predicted octanol–water partition coefficient (Wildman–Crippen LogP) is 1.26. The summed E-state index contributed by atoms with van der Waals surface area (Å²) in [5.74, 6) is 0.234. The van der Waals surface area contributed by atoms with E-state index in [4.69, 9.17) is 10.5 Å². The number of nitrogens with zero attached hydrogens (tertiary/aromatic N) is 4. The van der Waals surface area contributed by atoms with Gasteiger partial charge in [0, 0.05) is 12.4 Å². The fraction of sp³-hybridized carbons (Fsp3) is 0.421. The van der Waals surface area contributed by atoms with Gasteiger partial charge in [-0.05, 0) is 37.6 Å². The molecule has 0 radical (unpaired) electrons. The average molecular weight is 421 g/mol. The van der Waals surface area contributed by atoms with Gasteiger partial charge in [-0.3, -0.25) is 4.98 Å². The second-order valence-corrected chi connectivity index (χ2v) is 7.71. The lowest BCUT2D eigenvalue weighted by molar-refractivity contribution is -0.161. The van der Waals surface area contributed by atoms with Crippen LogP contribution >= 0.6 is 0 Å². The zero-order valence-electron chi connectivity index (χ0n) is 16.1. The van der Waals surface area contributed by atoms with E-state index in [1.54, 1.807) is 12.3 Å². The Labute approximate surface area is 169 Å². The molecule has 3 aromatic heterocycles. The van der Waals surface area contributed by atoms with Gasteiger partial charge in [-0.1, -0.05) is 0 Å². The normalized spacial score (nSPS) is 28.9. The number of pyridine rings is 1. The van der Waals surface area contributed by atoms with E-state index in [-0.39, 0.29) is 11.4 Å². The number of aromatic nitrogens is 4. The number of anilines is 1. The van der Waals surface area contributed by atoms with E-state index in [1.165, 1.54) is 30.8 Å². The molecule has 5 N–H and O–H groups in total. The first-order valence-electron chi connectivity index (χ1n) is 9.15. The highest BCUT2D eigenvalue weighted by Crippen LogP contribution is 2.46. The van der Waals surface area contributed by atoms with Gasteiger partial charge < -0.3 is 30.4 Å². The lowest BCUT2D eigenvalue weighted by atomic mass is 9.80. The van der Waals surface area contributed by atoms with Gasteiger partial charge in [-0.2, -0.15) is 0 Å². The third kappa shape index (κ3) is 3.01. The smallest absolute Gasteiger partial charge is 0.280 e. The van der Waals surface area contributed by atoms with Crippen molar-refractivity contribution in [2.24, 2.45) is 0 Å². The molecule has 4 heterocycles. The van der Waals surface area contributed by atoms with Crippen LogP contribution in [-0.4, -0.2) is 52.6 Å². The number of aliphatic hydroxyl groups is 3. The van der Waals surface area contributed by atoms with Crippen LogP contribution in [-0.2, 0) is 10.3 Å². The third-order valence-electron chi connectivity index (χ3n) is 5.59. The Balaban J connectivity index is 1.74. The van der Waals surface area contributed by atoms with Gasteiger partial charge in [0.25, 0.3) is 6.43 Å². The average Bonchev–Trinajstić information content (AvgIpc) is 3.22. The standard InChI is InChI=1S/C19H21F2N5O4/c1-18(28,9-3-5-23-11(7-9)13(20)21)17-19(2,29)12(27)16(30-17)26-6-4-10-14(22)24-8-25-15(10)26/h3-8,12-13,16-17,27-29H,1-2H3,(H2,22,24,25)/t12-,16+,17+,18-,19-/m0/s1. The van der Waals surface area contributed by atoms with Crippen molar-refractivity contribution in [1.29, 1.82) is 0 Å². The van der Waals surface area contributed by atoms with Crippen LogP contribution < -0.4 is 5.73 Å². The quantitative estimate of drug-likeness (QED) is 0.494. The van der Waals surface area contributed by atoms with Gasteiger partial charge in [0.05, 0.1) is 5.39 Å². The van der Waals surface area contributed by atoms with Crippen molar-refractivity contribution in [2.75, 3.05) is 5.73 Å². The van der Waals surface area contributed by atoms with Crippen LogP contribution in [0.15, 0.2) is 36.9 Å². The summed E-state index contributed by atoms with van der Waals surface area (Å²) in [6.45, 7) is 2.63. The Morgan fingerprint density at radius 3 is 2.73 bits per heavy atom. The van der Waals surface area contributed by atoms with Gasteiger partial charge >= 0.3 is 0 Å². The Kier molecular flexibility index (Phi) is 4.73. The highest BCUT2D eigenvalue weighted by molar-refractivity contribution is 5.86. The van der Waals surface area contributed by atoms with Gasteiger partial charge in [0.15, 0.2) is 6.23 Å². The van der Waals surface area contributed by atoms with E-state index in [2.05, 4.69) is 15.0 Å². The molecule has 0 amide bonds. The number of ether oxygens (including phenoxy) is 1. The minimum absolute atomic E-state index is 0.0647. The Bertz CT molecular complexity index is 1090. The molecule has 9 nitrogen and oxygen atoms in total. The summed E-state index contributed by atoms with van der Waals surface area (Å²) in [7, 11) is 0. The van der Waals surface area contributed by atoms with E-state index in [9.17, 15) is 24.1 Å². The molecular weight excluding hydrogens is 400 g/mol. The van der Waals surface area contributed by atoms with Gasteiger partial charge in [-0.25, -0.2) is 18.7 Å². The van der Waals surface area contributed by atoms with E-state index in [0.717, 1.165) is 12.3 Å². The summed E-state index contributed by atoms with van der Waals surface area (Å²) >= 11 is 0. The Morgan fingerprint density at radius 2 is 2.03 bits per heavy atom. The number of rotatable bonds is 4. The minimum atomic E-state index is -2.83. The molecule has 3 aromatic rings. The third-order valence-corrected chi connectivity index (χ3v) is 5.59. The largest absolute Gasteiger partial charge is 0.385 e. The van der Waals surface area contributed by atoms with Crippen molar-refractivity contribution in [2.45, 2.75) is 49.9 Å². The summed E-state index contributed by atoms with van der Waals surface area (Å²) in [6, 6.07) is 4.03. The number of aliphatic hydroxyl groups excluding tert-OH is 1. The molecule has 5 atom stereocenters. The van der Waals surface area contributed by atoms with E-state index in [1.807, 2.05) is 0 Å². The molecule has 1 aliphatic heterocycles. The molecule has 30 heavy (non-hydrogen) atoms. The minimum Gasteiger partial charge on any atom is -0.385 e. The number of fused-ring (bicyclic) bond motifs is 1. The number of halogens is 2. The fourth-order valence-corrected chi connectivity index (χ4v) is 3.94. The zero-order chi connectivity index (χ0) is 21.8. The molecule has 160 valence electrons. The summed E-state index contributed by atoms with van der Waals surface area (Å²) in [5.41, 5.74) is 1.89. The highest BCUT2D eigenvalue weighted by atomic mass is 19.3. The van der Waals surface area contributed by atoms with Crippen molar-refractivity contribution in [3.8, 4) is 0 Å². The first-order chi connectivity index (χ1) is 14.0. The van der Waals surface area contributed by atoms with Crippen molar-refractivity contribution in [3.05, 3.63) is 48.2 Å². The summed E-state index contributed by atoms with van der Waals surface area (Å²) in [6.07, 6.45) is -2.84. The maximum absolute atomic E-state index is 13.1. The maximum Gasteiger partial charge on any atom is 0.280 e. The second kappa shape index (κ2) is 6.91. The van der Waals surface area contributed by atoms with E-state index < -0.39 is 41.8 Å². The van der Waals surface area contributed by atoms with E-state index >= 15 is 0 Å². The summed E-state index contributed by atoms with van der Waals surface area (Å²) < 4.78 is 33.5. The molecular formula is C19H21F2N5O4. The van der Waals surface area contributed by atoms with Gasteiger partial charge in [0.2, 0.25) is 0 Å². The zero-order valence-corrected chi connectivity index (χ0v) is 16.1. The Hall–Kier alpha value is -2.73. The van der Waals surface area contributed by atoms with Crippen molar-refractivity contribution in [3.63, 3.8) is 0 Å². The topological polar surface area (TPSA) is 140 Å². The van der Waals surface area contributed by atoms with Crippen LogP contribution in [0.3, 0.4) is 0 Å². The van der Waals surface area contributed by atoms with Crippen LogP contribution in [0.4, 0.5) is 14.6 Å². The number of nitrogens with two attached hydrogens (primary N) is 1. The molecule has 0 bridgehead atoms. The van der Waals surface area contributed by atoms with Crippen LogP contribution in [0.5, 0.6) is 0 Å². The molecule has 0 unspecified atom stereocenters. The number of alkyl halides is 2. The van der Waals surface area contributed by atoms with E-state index in [0.29, 0.717) is 11.0 Å². The summed E-state index contributed by atoms with van der Waals surface area (Å²) in [4.78, 5) is 11.6. The highest BCUT2D eigenvalue weighted by Gasteiger charge is 2.59. The lowest BCUT2D eigenvalue weighted by Gasteiger charge is -2.37. The molecule has 1 aliphatic rings. The van der Waals surface area contributed by atoms with Gasteiger partial charge in [0.1, 0.15) is 46.9 Å². The van der Waals surface area contributed by atoms with Crippen molar-refractivity contribution >= 4 is 16.9 Å². The molecule has 1 saturated heterocycles. The molecule has 4 rings (SSSR count). The second-order valence-electron chi connectivity index (χ2n) is 7.71. The van der Waals surface area contributed by atoms with Crippen LogP contribution in [0.1, 0.15) is 37.8 Å². The number of hydrogen-bond acceptors (Lipinski definition) is 8. The predicted molar refractivity (Wildman–Crippen MR) is 101 cm³/mol. The number of hydrogen-bond donors (Lipinski definition) is 4. The van der Waals surface area contributed by atoms with Gasteiger partial charge in [-0.15, -0.1) is 0 Å². The molecule has 11 heteroatoms. The van der Waals surface area contributed by atoms with Crippen LogP contribution in [0.2, 0.25) is 0 Å². The van der Waals surface area contributed by atoms with Crippen LogP contribution in [0, 0.1) is 0 Å². The molecule has 0 saturated carbocycles.